The molecule has 0 aliphatic heterocycles. The lowest BCUT2D eigenvalue weighted by molar-refractivity contribution is -0.123. The number of phenolic OH excluding ortho intramolecular Hbond substituents is 1. The van der Waals surface area contributed by atoms with Crippen LogP contribution in [0.2, 0.25) is 0 Å². The molecule has 0 unspecified atom stereocenters. The number of rotatable bonds is 4. The van der Waals surface area contributed by atoms with Crippen LogP contribution in [-0.4, -0.2) is 23.1 Å². The fourth-order valence-electron chi connectivity index (χ4n) is 1.88. The highest BCUT2D eigenvalue weighted by Gasteiger charge is 2.21. The van der Waals surface area contributed by atoms with E-state index >= 15 is 0 Å². The van der Waals surface area contributed by atoms with E-state index in [0.717, 1.165) is 0 Å². The molecule has 0 radical (unpaired) electrons. The number of aryl methyl sites for hydroxylation is 1. The summed E-state index contributed by atoms with van der Waals surface area (Å²) in [4.78, 5) is 24.0. The molecule has 0 saturated carbocycles. The van der Waals surface area contributed by atoms with Gasteiger partial charge in [-0.05, 0) is 49.7 Å². The number of halogens is 1. The van der Waals surface area contributed by atoms with Crippen molar-refractivity contribution in [3.8, 4) is 5.75 Å². The molecule has 0 aliphatic carbocycles. The predicted octanol–water partition coefficient (Wildman–Crippen LogP) is 3.02. The molecule has 0 saturated heterocycles. The summed E-state index contributed by atoms with van der Waals surface area (Å²) in [6.07, 6.45) is -1.08. The third-order valence-electron chi connectivity index (χ3n) is 3.22. The van der Waals surface area contributed by atoms with Gasteiger partial charge >= 0.3 is 5.97 Å². The SMILES string of the molecule is Cc1cccc(C(=O)O[C@H](C)C(=O)Nc2ccc(F)cc2)c1O. The molecule has 2 N–H and O–H groups in total. The molecule has 0 fully saturated rings. The summed E-state index contributed by atoms with van der Waals surface area (Å²) in [6, 6.07) is 9.87. The predicted molar refractivity (Wildman–Crippen MR) is 82.8 cm³/mol. The summed E-state index contributed by atoms with van der Waals surface area (Å²) in [5.41, 5.74) is 0.909. The first-order chi connectivity index (χ1) is 10.9. The van der Waals surface area contributed by atoms with E-state index in [1.165, 1.54) is 37.3 Å². The molecule has 2 aromatic carbocycles. The van der Waals surface area contributed by atoms with Crippen LogP contribution in [0.3, 0.4) is 0 Å². The Labute approximate surface area is 132 Å². The van der Waals surface area contributed by atoms with E-state index in [1.54, 1.807) is 19.1 Å². The average Bonchev–Trinajstić information content (AvgIpc) is 2.52. The maximum atomic E-state index is 12.8. The van der Waals surface area contributed by atoms with Crippen molar-refractivity contribution >= 4 is 17.6 Å². The highest BCUT2D eigenvalue weighted by atomic mass is 19.1. The van der Waals surface area contributed by atoms with Crippen LogP contribution in [0.1, 0.15) is 22.8 Å². The van der Waals surface area contributed by atoms with Crippen LogP contribution in [0.15, 0.2) is 42.5 Å². The number of nitrogens with one attached hydrogen (secondary N) is 1. The van der Waals surface area contributed by atoms with Gasteiger partial charge in [0.15, 0.2) is 6.10 Å². The zero-order valence-corrected chi connectivity index (χ0v) is 12.7. The molecule has 2 rings (SSSR count). The van der Waals surface area contributed by atoms with E-state index in [2.05, 4.69) is 5.32 Å². The fourth-order valence-corrected chi connectivity index (χ4v) is 1.88. The van der Waals surface area contributed by atoms with Crippen molar-refractivity contribution in [3.63, 3.8) is 0 Å². The molecule has 1 amide bonds. The molecule has 0 spiro atoms. The number of anilines is 1. The smallest absolute Gasteiger partial charge is 0.342 e. The second-order valence-corrected chi connectivity index (χ2v) is 5.01. The molecule has 120 valence electrons. The number of amides is 1. The standard InChI is InChI=1S/C17H16FNO4/c1-10-4-3-5-14(15(10)20)17(22)23-11(2)16(21)19-13-8-6-12(18)7-9-13/h3-9,11,20H,1-2H3,(H,19,21)/t11-/m1/s1. The first kappa shape index (κ1) is 16.5. The van der Waals surface area contributed by atoms with Crippen molar-refractivity contribution in [2.75, 3.05) is 5.32 Å². The van der Waals surface area contributed by atoms with Gasteiger partial charge in [0.05, 0.1) is 0 Å². The van der Waals surface area contributed by atoms with Crippen molar-refractivity contribution in [2.24, 2.45) is 0 Å². The maximum Gasteiger partial charge on any atom is 0.342 e. The van der Waals surface area contributed by atoms with Crippen molar-refractivity contribution in [1.82, 2.24) is 0 Å². The third-order valence-corrected chi connectivity index (χ3v) is 3.22. The van der Waals surface area contributed by atoms with Gasteiger partial charge in [0.2, 0.25) is 0 Å². The Hall–Kier alpha value is -2.89. The van der Waals surface area contributed by atoms with E-state index in [9.17, 15) is 19.1 Å². The number of hydrogen-bond acceptors (Lipinski definition) is 4. The first-order valence-corrected chi connectivity index (χ1v) is 6.94. The topological polar surface area (TPSA) is 75.6 Å². The molecule has 1 atom stereocenters. The minimum absolute atomic E-state index is 0.00793. The Balaban J connectivity index is 2.01. The Bertz CT molecular complexity index is 728. The van der Waals surface area contributed by atoms with Gasteiger partial charge in [-0.15, -0.1) is 0 Å². The van der Waals surface area contributed by atoms with Crippen LogP contribution in [-0.2, 0) is 9.53 Å². The molecule has 2 aromatic rings. The van der Waals surface area contributed by atoms with E-state index in [0.29, 0.717) is 11.3 Å². The second kappa shape index (κ2) is 6.91. The Morgan fingerprint density at radius 1 is 1.17 bits per heavy atom. The van der Waals surface area contributed by atoms with Gasteiger partial charge in [0.25, 0.3) is 5.91 Å². The molecule has 0 aromatic heterocycles. The van der Waals surface area contributed by atoms with Gasteiger partial charge in [-0.25, -0.2) is 9.18 Å². The lowest BCUT2D eigenvalue weighted by Crippen LogP contribution is -2.30. The number of ether oxygens (including phenoxy) is 1. The summed E-state index contributed by atoms with van der Waals surface area (Å²) in [5, 5.41) is 12.4. The zero-order valence-electron chi connectivity index (χ0n) is 12.7. The van der Waals surface area contributed by atoms with Crippen molar-refractivity contribution in [2.45, 2.75) is 20.0 Å². The van der Waals surface area contributed by atoms with Crippen LogP contribution in [0.25, 0.3) is 0 Å². The largest absolute Gasteiger partial charge is 0.507 e. The molecular weight excluding hydrogens is 301 g/mol. The number of carbonyl (C=O) groups is 2. The van der Waals surface area contributed by atoms with Gasteiger partial charge in [-0.2, -0.15) is 0 Å². The highest BCUT2D eigenvalue weighted by Crippen LogP contribution is 2.22. The summed E-state index contributed by atoms with van der Waals surface area (Å²) in [7, 11) is 0. The maximum absolute atomic E-state index is 12.8. The van der Waals surface area contributed by atoms with Gasteiger partial charge < -0.3 is 15.2 Å². The fraction of sp³-hybridized carbons (Fsp3) is 0.176. The van der Waals surface area contributed by atoms with E-state index in [-0.39, 0.29) is 11.3 Å². The van der Waals surface area contributed by atoms with E-state index in [1.807, 2.05) is 0 Å². The minimum atomic E-state index is -1.08. The zero-order chi connectivity index (χ0) is 17.0. The summed E-state index contributed by atoms with van der Waals surface area (Å²) < 4.78 is 17.9. The first-order valence-electron chi connectivity index (χ1n) is 6.94. The lowest BCUT2D eigenvalue weighted by atomic mass is 10.1. The molecule has 6 heteroatoms. The van der Waals surface area contributed by atoms with Crippen molar-refractivity contribution in [1.29, 1.82) is 0 Å². The Morgan fingerprint density at radius 3 is 2.48 bits per heavy atom. The lowest BCUT2D eigenvalue weighted by Gasteiger charge is -2.14. The second-order valence-electron chi connectivity index (χ2n) is 5.01. The van der Waals surface area contributed by atoms with Gasteiger partial charge in [-0.1, -0.05) is 12.1 Å². The molecule has 5 nitrogen and oxygen atoms in total. The van der Waals surface area contributed by atoms with E-state index < -0.39 is 23.8 Å². The van der Waals surface area contributed by atoms with Crippen LogP contribution in [0.4, 0.5) is 10.1 Å². The number of para-hydroxylation sites is 1. The van der Waals surface area contributed by atoms with Gasteiger partial charge in [-0.3, -0.25) is 4.79 Å². The number of phenols is 1. The molecular formula is C17H16FNO4. The average molecular weight is 317 g/mol. The number of aromatic hydroxyl groups is 1. The van der Waals surface area contributed by atoms with Crippen LogP contribution >= 0.6 is 0 Å². The molecule has 0 aliphatic rings. The van der Waals surface area contributed by atoms with E-state index in [4.69, 9.17) is 4.74 Å². The Morgan fingerprint density at radius 2 is 1.83 bits per heavy atom. The quantitative estimate of drug-likeness (QED) is 0.850. The number of carbonyl (C=O) groups excluding carboxylic acids is 2. The Kier molecular flexibility index (Phi) is 4.95. The highest BCUT2D eigenvalue weighted by molar-refractivity contribution is 5.98. The number of hydrogen-bond donors (Lipinski definition) is 2. The van der Waals surface area contributed by atoms with Crippen molar-refractivity contribution in [3.05, 3.63) is 59.4 Å². The van der Waals surface area contributed by atoms with Gasteiger partial charge in [0.1, 0.15) is 17.1 Å². The monoisotopic (exact) mass is 317 g/mol. The van der Waals surface area contributed by atoms with Gasteiger partial charge in [0, 0.05) is 5.69 Å². The molecule has 23 heavy (non-hydrogen) atoms. The minimum Gasteiger partial charge on any atom is -0.507 e. The normalized spacial score (nSPS) is 11.6. The summed E-state index contributed by atoms with van der Waals surface area (Å²) >= 11 is 0. The van der Waals surface area contributed by atoms with Crippen LogP contribution < -0.4 is 5.32 Å². The van der Waals surface area contributed by atoms with Crippen molar-refractivity contribution < 1.29 is 23.8 Å². The number of benzene rings is 2. The summed E-state index contributed by atoms with van der Waals surface area (Å²) in [5.74, 6) is -1.95. The van der Waals surface area contributed by atoms with Crippen LogP contribution in [0.5, 0.6) is 5.75 Å². The third kappa shape index (κ3) is 4.06. The number of esters is 1. The summed E-state index contributed by atoms with van der Waals surface area (Å²) in [6.45, 7) is 3.06. The van der Waals surface area contributed by atoms with Crippen LogP contribution in [0, 0.1) is 12.7 Å². The molecule has 0 bridgehead atoms. The molecule has 0 heterocycles.